The molecule has 5 nitrogen and oxygen atoms in total. The summed E-state index contributed by atoms with van der Waals surface area (Å²) >= 11 is 0. The monoisotopic (exact) mass is 147 g/mol. The minimum Gasteiger partial charge on any atom is -0.474 e. The smallest absolute Gasteiger partial charge is 0.396 e. The molecule has 58 valence electrons. The predicted octanol–water partition coefficient (Wildman–Crippen LogP) is -0.473. The summed E-state index contributed by atoms with van der Waals surface area (Å²) in [5.74, 6) is -2.71. The van der Waals surface area contributed by atoms with Gasteiger partial charge in [0.1, 0.15) is 0 Å². The molecule has 0 aliphatic heterocycles. The summed E-state index contributed by atoms with van der Waals surface area (Å²) in [6.45, 7) is 3.34. The second-order valence-corrected chi connectivity index (χ2v) is 1.90. The van der Waals surface area contributed by atoms with E-state index in [0.717, 1.165) is 0 Å². The van der Waals surface area contributed by atoms with Crippen LogP contribution in [0.1, 0.15) is 13.8 Å². The van der Waals surface area contributed by atoms with Crippen LogP contribution in [0.4, 0.5) is 0 Å². The Labute approximate surface area is 57.9 Å². The maximum atomic E-state index is 10.2. The van der Waals surface area contributed by atoms with E-state index in [2.05, 4.69) is 4.84 Å². The first kappa shape index (κ1) is 8.90. The number of hydrogen-bond acceptors (Lipinski definition) is 3. The summed E-state index contributed by atoms with van der Waals surface area (Å²) in [7, 11) is 0. The van der Waals surface area contributed by atoms with Gasteiger partial charge in [-0.3, -0.25) is 9.63 Å². The Bertz CT molecular complexity index is 143. The fraction of sp³-hybridized carbons (Fsp3) is 0.600. The zero-order valence-electron chi connectivity index (χ0n) is 5.75. The number of carbonyl (C=O) groups excluding carboxylic acids is 1. The summed E-state index contributed by atoms with van der Waals surface area (Å²) in [6.07, 6.45) is -0.219. The average molecular weight is 147 g/mol. The fourth-order valence-electron chi connectivity index (χ4n) is 0.215. The van der Waals surface area contributed by atoms with E-state index in [-0.39, 0.29) is 6.10 Å². The van der Waals surface area contributed by atoms with E-state index in [4.69, 9.17) is 5.11 Å². The van der Waals surface area contributed by atoms with Crippen molar-refractivity contribution >= 4 is 11.9 Å². The molecule has 0 aliphatic rings. The van der Waals surface area contributed by atoms with Crippen molar-refractivity contribution < 1.29 is 19.5 Å². The minimum atomic E-state index is -1.55. The Hall–Kier alpha value is -1.10. The molecule has 5 heteroatoms. The lowest BCUT2D eigenvalue weighted by atomic mass is 10.5. The van der Waals surface area contributed by atoms with Gasteiger partial charge in [0.05, 0.1) is 6.10 Å². The zero-order chi connectivity index (χ0) is 8.15. The van der Waals surface area contributed by atoms with Crippen molar-refractivity contribution in [3.8, 4) is 0 Å². The molecule has 0 atom stereocenters. The number of carboxylic acids is 1. The lowest BCUT2D eigenvalue weighted by Crippen LogP contribution is -2.32. The molecule has 0 radical (unpaired) electrons. The van der Waals surface area contributed by atoms with Crippen molar-refractivity contribution in [2.45, 2.75) is 20.0 Å². The molecule has 2 N–H and O–H groups in total. The molecule has 0 bridgehead atoms. The molecule has 0 aromatic heterocycles. The van der Waals surface area contributed by atoms with Crippen LogP contribution in [0.15, 0.2) is 0 Å². The normalized spacial score (nSPS) is 9.50. The van der Waals surface area contributed by atoms with Crippen LogP contribution in [-0.4, -0.2) is 23.1 Å². The van der Waals surface area contributed by atoms with Crippen LogP contribution in [0, 0.1) is 0 Å². The van der Waals surface area contributed by atoms with Gasteiger partial charge in [-0.2, -0.15) is 0 Å². The number of amides is 1. The Morgan fingerprint density at radius 1 is 1.50 bits per heavy atom. The first-order valence-electron chi connectivity index (χ1n) is 2.73. The highest BCUT2D eigenvalue weighted by Gasteiger charge is 2.10. The molecule has 0 rings (SSSR count). The number of carbonyl (C=O) groups is 2. The van der Waals surface area contributed by atoms with Crippen molar-refractivity contribution in [3.63, 3.8) is 0 Å². The molecule has 0 saturated heterocycles. The molecular weight excluding hydrogens is 138 g/mol. The standard InChI is InChI=1S/C5H9NO4/c1-3(2)10-6-4(7)5(8)9/h3H,1-2H3,(H,6,7)(H,8,9). The fourth-order valence-corrected chi connectivity index (χ4v) is 0.215. The number of hydrogen-bond donors (Lipinski definition) is 2. The number of rotatable bonds is 2. The number of carboxylic acid groups (broad SMARTS) is 1. The van der Waals surface area contributed by atoms with Gasteiger partial charge in [-0.15, -0.1) is 0 Å². The second-order valence-electron chi connectivity index (χ2n) is 1.90. The van der Waals surface area contributed by atoms with E-state index < -0.39 is 11.9 Å². The second kappa shape index (κ2) is 3.84. The quantitative estimate of drug-likeness (QED) is 0.409. The average Bonchev–Trinajstić information content (AvgIpc) is 1.82. The van der Waals surface area contributed by atoms with Gasteiger partial charge < -0.3 is 5.11 Å². The number of aliphatic carboxylic acids is 1. The van der Waals surface area contributed by atoms with Crippen LogP contribution >= 0.6 is 0 Å². The predicted molar refractivity (Wildman–Crippen MR) is 32.0 cm³/mol. The van der Waals surface area contributed by atoms with Crippen LogP contribution in [-0.2, 0) is 14.4 Å². The molecule has 0 aromatic rings. The van der Waals surface area contributed by atoms with Crippen LogP contribution in [0.25, 0.3) is 0 Å². The lowest BCUT2D eigenvalue weighted by molar-refractivity contribution is -0.158. The van der Waals surface area contributed by atoms with E-state index in [1.807, 2.05) is 0 Å². The van der Waals surface area contributed by atoms with Gasteiger partial charge in [-0.1, -0.05) is 0 Å². The minimum absolute atomic E-state index is 0.219. The molecule has 10 heavy (non-hydrogen) atoms. The third kappa shape index (κ3) is 3.85. The molecular formula is C5H9NO4. The Morgan fingerprint density at radius 2 is 2.00 bits per heavy atom. The van der Waals surface area contributed by atoms with E-state index >= 15 is 0 Å². The SMILES string of the molecule is CC(C)ONC(=O)C(=O)O. The van der Waals surface area contributed by atoms with E-state index in [1.165, 1.54) is 0 Å². The van der Waals surface area contributed by atoms with Crippen molar-refractivity contribution in [1.29, 1.82) is 0 Å². The molecule has 0 fully saturated rings. The summed E-state index contributed by atoms with van der Waals surface area (Å²) in [5.41, 5.74) is 1.74. The van der Waals surface area contributed by atoms with Crippen molar-refractivity contribution in [3.05, 3.63) is 0 Å². The number of nitrogens with one attached hydrogen (secondary N) is 1. The Morgan fingerprint density at radius 3 is 2.30 bits per heavy atom. The van der Waals surface area contributed by atoms with Gasteiger partial charge in [0.15, 0.2) is 0 Å². The molecule has 0 aromatic carbocycles. The summed E-state index contributed by atoms with van der Waals surface area (Å²) in [4.78, 5) is 24.5. The lowest BCUT2D eigenvalue weighted by Gasteiger charge is -2.04. The molecule has 0 heterocycles. The Balaban J connectivity index is 3.50. The highest BCUT2D eigenvalue weighted by Crippen LogP contribution is 1.81. The summed E-state index contributed by atoms with van der Waals surface area (Å²) in [6, 6.07) is 0. The summed E-state index contributed by atoms with van der Waals surface area (Å²) < 4.78 is 0. The first-order chi connectivity index (χ1) is 4.54. The summed E-state index contributed by atoms with van der Waals surface area (Å²) in [5, 5.41) is 8.00. The third-order valence-corrected chi connectivity index (χ3v) is 0.582. The third-order valence-electron chi connectivity index (χ3n) is 0.582. The highest BCUT2D eigenvalue weighted by molar-refractivity contribution is 6.31. The van der Waals surface area contributed by atoms with E-state index in [9.17, 15) is 9.59 Å². The van der Waals surface area contributed by atoms with Crippen LogP contribution in [0.3, 0.4) is 0 Å². The first-order valence-corrected chi connectivity index (χ1v) is 2.73. The Kier molecular flexibility index (Phi) is 3.42. The van der Waals surface area contributed by atoms with E-state index in [0.29, 0.717) is 0 Å². The zero-order valence-corrected chi connectivity index (χ0v) is 5.75. The van der Waals surface area contributed by atoms with Gasteiger partial charge in [0, 0.05) is 0 Å². The van der Waals surface area contributed by atoms with Gasteiger partial charge in [0.25, 0.3) is 0 Å². The van der Waals surface area contributed by atoms with E-state index in [1.54, 1.807) is 19.3 Å². The van der Waals surface area contributed by atoms with Crippen molar-refractivity contribution in [2.75, 3.05) is 0 Å². The molecule has 1 amide bonds. The largest absolute Gasteiger partial charge is 0.474 e. The van der Waals surface area contributed by atoms with Crippen LogP contribution in [0.5, 0.6) is 0 Å². The topological polar surface area (TPSA) is 75.6 Å². The maximum absolute atomic E-state index is 10.2. The van der Waals surface area contributed by atoms with Crippen molar-refractivity contribution in [1.82, 2.24) is 5.48 Å². The van der Waals surface area contributed by atoms with Crippen LogP contribution < -0.4 is 5.48 Å². The highest BCUT2D eigenvalue weighted by atomic mass is 16.7. The molecule has 0 spiro atoms. The van der Waals surface area contributed by atoms with Crippen molar-refractivity contribution in [2.24, 2.45) is 0 Å². The van der Waals surface area contributed by atoms with Crippen LogP contribution in [0.2, 0.25) is 0 Å². The van der Waals surface area contributed by atoms with Gasteiger partial charge in [-0.05, 0) is 13.8 Å². The van der Waals surface area contributed by atoms with Gasteiger partial charge in [0.2, 0.25) is 0 Å². The molecule has 0 unspecified atom stereocenters. The number of hydroxylamine groups is 1. The molecule has 0 saturated carbocycles. The van der Waals surface area contributed by atoms with Gasteiger partial charge in [-0.25, -0.2) is 10.3 Å². The van der Waals surface area contributed by atoms with Gasteiger partial charge >= 0.3 is 11.9 Å². The molecule has 0 aliphatic carbocycles. The maximum Gasteiger partial charge on any atom is 0.396 e.